The fraction of sp³-hybridized carbons (Fsp3) is 0.286. The van der Waals surface area contributed by atoms with E-state index in [2.05, 4.69) is 9.97 Å². The van der Waals surface area contributed by atoms with Crippen LogP contribution in [0.15, 0.2) is 24.3 Å². The van der Waals surface area contributed by atoms with Crippen molar-refractivity contribution in [1.29, 1.82) is 0 Å². The van der Waals surface area contributed by atoms with Gasteiger partial charge in [-0.25, -0.2) is 4.98 Å². The zero-order valence-corrected chi connectivity index (χ0v) is 10.5. The molecule has 0 amide bonds. The number of carboxylic acids is 1. The second-order valence-corrected chi connectivity index (χ2v) is 4.61. The van der Waals surface area contributed by atoms with Crippen molar-refractivity contribution in [1.82, 2.24) is 9.97 Å². The van der Waals surface area contributed by atoms with Gasteiger partial charge in [0.1, 0.15) is 17.5 Å². The van der Waals surface area contributed by atoms with Crippen LogP contribution in [0.5, 0.6) is 5.75 Å². The fourth-order valence-corrected chi connectivity index (χ4v) is 2.45. The SMILES string of the molecule is COc1ccc(-c2nc3c([nH]2)CCC3C(=O)O)cc1. The van der Waals surface area contributed by atoms with Crippen molar-refractivity contribution < 1.29 is 14.6 Å². The van der Waals surface area contributed by atoms with E-state index in [-0.39, 0.29) is 0 Å². The van der Waals surface area contributed by atoms with Crippen molar-refractivity contribution in [2.24, 2.45) is 0 Å². The minimum Gasteiger partial charge on any atom is -0.497 e. The second-order valence-electron chi connectivity index (χ2n) is 4.61. The van der Waals surface area contributed by atoms with E-state index in [1.165, 1.54) is 0 Å². The Kier molecular flexibility index (Phi) is 2.74. The van der Waals surface area contributed by atoms with Crippen molar-refractivity contribution in [3.05, 3.63) is 35.7 Å². The second kappa shape index (κ2) is 4.42. The molecule has 0 fully saturated rings. The number of hydrogen-bond acceptors (Lipinski definition) is 3. The molecule has 0 bridgehead atoms. The number of aromatic amines is 1. The van der Waals surface area contributed by atoms with Crippen molar-refractivity contribution in [3.8, 4) is 17.1 Å². The summed E-state index contributed by atoms with van der Waals surface area (Å²) in [6.45, 7) is 0. The Morgan fingerprint density at radius 2 is 2.16 bits per heavy atom. The Morgan fingerprint density at radius 1 is 1.42 bits per heavy atom. The van der Waals surface area contributed by atoms with E-state index < -0.39 is 11.9 Å². The molecule has 1 aliphatic carbocycles. The number of ether oxygens (including phenoxy) is 1. The standard InChI is InChI=1S/C14H14N2O3/c1-19-9-4-2-8(3-5-9)13-15-11-7-6-10(14(17)18)12(11)16-13/h2-5,10H,6-7H2,1H3,(H,15,16)(H,17,18). The number of nitrogens with zero attached hydrogens (tertiary/aromatic N) is 1. The third-order valence-electron chi connectivity index (χ3n) is 3.49. The van der Waals surface area contributed by atoms with E-state index in [1.54, 1.807) is 7.11 Å². The third kappa shape index (κ3) is 1.97. The van der Waals surface area contributed by atoms with Gasteiger partial charge in [-0.1, -0.05) is 0 Å². The summed E-state index contributed by atoms with van der Waals surface area (Å²) < 4.78 is 5.11. The topological polar surface area (TPSA) is 75.2 Å². The lowest BCUT2D eigenvalue weighted by atomic mass is 10.1. The molecule has 2 N–H and O–H groups in total. The van der Waals surface area contributed by atoms with Crippen LogP contribution in [0.3, 0.4) is 0 Å². The Balaban J connectivity index is 1.95. The van der Waals surface area contributed by atoms with E-state index in [9.17, 15) is 4.79 Å². The largest absolute Gasteiger partial charge is 0.497 e. The molecule has 98 valence electrons. The lowest BCUT2D eigenvalue weighted by molar-refractivity contribution is -0.138. The maximum Gasteiger partial charge on any atom is 0.312 e. The van der Waals surface area contributed by atoms with Gasteiger partial charge < -0.3 is 14.8 Å². The van der Waals surface area contributed by atoms with Gasteiger partial charge in [-0.05, 0) is 37.1 Å². The van der Waals surface area contributed by atoms with Gasteiger partial charge in [0.15, 0.2) is 0 Å². The first-order valence-corrected chi connectivity index (χ1v) is 6.15. The van der Waals surface area contributed by atoms with Crippen molar-refractivity contribution in [3.63, 3.8) is 0 Å². The van der Waals surface area contributed by atoms with Gasteiger partial charge in [0.05, 0.1) is 12.8 Å². The van der Waals surface area contributed by atoms with Crippen LogP contribution < -0.4 is 4.74 Å². The van der Waals surface area contributed by atoms with Gasteiger partial charge in [-0.3, -0.25) is 4.79 Å². The first-order valence-electron chi connectivity index (χ1n) is 6.15. The molecule has 19 heavy (non-hydrogen) atoms. The minimum absolute atomic E-state index is 0.474. The third-order valence-corrected chi connectivity index (χ3v) is 3.49. The summed E-state index contributed by atoms with van der Waals surface area (Å²) >= 11 is 0. The quantitative estimate of drug-likeness (QED) is 0.885. The number of imidazole rings is 1. The van der Waals surface area contributed by atoms with Crippen LogP contribution in [-0.2, 0) is 11.2 Å². The van der Waals surface area contributed by atoms with Crippen molar-refractivity contribution >= 4 is 5.97 Å². The number of methoxy groups -OCH3 is 1. The molecule has 1 aromatic heterocycles. The van der Waals surface area contributed by atoms with Gasteiger partial charge in [-0.15, -0.1) is 0 Å². The minimum atomic E-state index is -0.800. The lowest BCUT2D eigenvalue weighted by Gasteiger charge is -2.02. The molecule has 5 nitrogen and oxygen atoms in total. The predicted octanol–water partition coefficient (Wildman–Crippen LogP) is 2.20. The number of rotatable bonds is 3. The molecule has 0 radical (unpaired) electrons. The number of nitrogens with one attached hydrogen (secondary N) is 1. The van der Waals surface area contributed by atoms with Crippen LogP contribution in [0.2, 0.25) is 0 Å². The highest BCUT2D eigenvalue weighted by Crippen LogP contribution is 2.33. The van der Waals surface area contributed by atoms with Crippen molar-refractivity contribution in [2.45, 2.75) is 18.8 Å². The molecule has 3 rings (SSSR count). The highest BCUT2D eigenvalue weighted by Gasteiger charge is 2.32. The van der Waals surface area contributed by atoms with Crippen LogP contribution in [-0.4, -0.2) is 28.2 Å². The van der Waals surface area contributed by atoms with Gasteiger partial charge in [0.25, 0.3) is 0 Å². The summed E-state index contributed by atoms with van der Waals surface area (Å²) in [5, 5.41) is 9.14. The first-order chi connectivity index (χ1) is 9.19. The van der Waals surface area contributed by atoms with Crippen molar-refractivity contribution in [2.75, 3.05) is 7.11 Å². The molecule has 0 aliphatic heterocycles. The summed E-state index contributed by atoms with van der Waals surface area (Å²) in [6.07, 6.45) is 1.38. The maximum absolute atomic E-state index is 11.1. The summed E-state index contributed by atoms with van der Waals surface area (Å²) in [5.41, 5.74) is 2.55. The summed E-state index contributed by atoms with van der Waals surface area (Å²) in [5.74, 6) is 0.231. The number of hydrogen-bond donors (Lipinski definition) is 2. The number of benzene rings is 1. The van der Waals surface area contributed by atoms with Crippen LogP contribution in [0, 0.1) is 0 Å². The molecule has 1 heterocycles. The fourth-order valence-electron chi connectivity index (χ4n) is 2.45. The maximum atomic E-state index is 11.1. The average molecular weight is 258 g/mol. The number of fused-ring (bicyclic) bond motifs is 1. The summed E-state index contributed by atoms with van der Waals surface area (Å²) in [4.78, 5) is 18.8. The van der Waals surface area contributed by atoms with Crippen LogP contribution >= 0.6 is 0 Å². The average Bonchev–Trinajstić information content (AvgIpc) is 2.98. The van der Waals surface area contributed by atoms with E-state index in [4.69, 9.17) is 9.84 Å². The van der Waals surface area contributed by atoms with E-state index in [0.29, 0.717) is 12.1 Å². The lowest BCUT2D eigenvalue weighted by Crippen LogP contribution is -2.08. The Bertz CT molecular complexity index is 616. The molecular formula is C14H14N2O3. The summed E-state index contributed by atoms with van der Waals surface area (Å²) in [6, 6.07) is 7.53. The van der Waals surface area contributed by atoms with Gasteiger partial charge in [-0.2, -0.15) is 0 Å². The Morgan fingerprint density at radius 3 is 2.79 bits per heavy atom. The van der Waals surface area contributed by atoms with E-state index in [0.717, 1.165) is 29.3 Å². The van der Waals surface area contributed by atoms with Crippen LogP contribution in [0.4, 0.5) is 0 Å². The molecule has 1 aliphatic rings. The zero-order chi connectivity index (χ0) is 13.4. The molecular weight excluding hydrogens is 244 g/mol. The number of aryl methyl sites for hydroxylation is 1. The molecule has 5 heteroatoms. The van der Waals surface area contributed by atoms with E-state index >= 15 is 0 Å². The summed E-state index contributed by atoms with van der Waals surface area (Å²) in [7, 11) is 1.62. The number of carbonyl (C=O) groups is 1. The molecule has 0 saturated carbocycles. The number of aromatic nitrogens is 2. The zero-order valence-electron chi connectivity index (χ0n) is 10.5. The molecule has 1 unspecified atom stereocenters. The highest BCUT2D eigenvalue weighted by molar-refractivity contribution is 5.77. The molecule has 2 aromatic rings. The van der Waals surface area contributed by atoms with Crippen LogP contribution in [0.1, 0.15) is 23.7 Å². The van der Waals surface area contributed by atoms with Crippen LogP contribution in [0.25, 0.3) is 11.4 Å². The monoisotopic (exact) mass is 258 g/mol. The van der Waals surface area contributed by atoms with Gasteiger partial charge in [0.2, 0.25) is 0 Å². The number of H-pyrrole nitrogens is 1. The highest BCUT2D eigenvalue weighted by atomic mass is 16.5. The first kappa shape index (κ1) is 11.8. The smallest absolute Gasteiger partial charge is 0.312 e. The Hall–Kier alpha value is -2.30. The van der Waals surface area contributed by atoms with Gasteiger partial charge >= 0.3 is 5.97 Å². The molecule has 1 aromatic carbocycles. The Labute approximate surface area is 110 Å². The molecule has 0 spiro atoms. The number of aliphatic carboxylic acids is 1. The predicted molar refractivity (Wildman–Crippen MR) is 69.3 cm³/mol. The molecule has 0 saturated heterocycles. The number of carboxylic acid groups (broad SMARTS) is 1. The van der Waals surface area contributed by atoms with Gasteiger partial charge in [0, 0.05) is 11.3 Å². The normalized spacial score (nSPS) is 17.2. The van der Waals surface area contributed by atoms with E-state index in [1.807, 2.05) is 24.3 Å². The molecule has 1 atom stereocenters.